The van der Waals surface area contributed by atoms with E-state index < -0.39 is 5.60 Å². The van der Waals surface area contributed by atoms with Crippen molar-refractivity contribution in [2.75, 3.05) is 18.4 Å². The lowest BCUT2D eigenvalue weighted by molar-refractivity contribution is 0.00749. The maximum Gasteiger partial charge on any atom is 0.410 e. The number of amides is 1. The minimum Gasteiger partial charge on any atom is -0.444 e. The van der Waals surface area contributed by atoms with Crippen molar-refractivity contribution in [2.24, 2.45) is 0 Å². The number of pyridine rings is 1. The van der Waals surface area contributed by atoms with E-state index >= 15 is 0 Å². The van der Waals surface area contributed by atoms with Crippen LogP contribution in [0.3, 0.4) is 0 Å². The molecule has 22 heavy (non-hydrogen) atoms. The molecule has 0 saturated carbocycles. The molecule has 124 valence electrons. The minimum absolute atomic E-state index is 0.319. The Labute approximate surface area is 138 Å². The van der Waals surface area contributed by atoms with E-state index in [2.05, 4.69) is 10.3 Å². The first kappa shape index (κ1) is 18.6. The Morgan fingerprint density at radius 3 is 2.41 bits per heavy atom. The van der Waals surface area contributed by atoms with Crippen LogP contribution in [0, 0.1) is 0 Å². The number of anilines is 1. The van der Waals surface area contributed by atoms with Gasteiger partial charge in [0, 0.05) is 18.6 Å². The first-order chi connectivity index (χ1) is 9.99. The van der Waals surface area contributed by atoms with Crippen LogP contribution in [-0.2, 0) is 4.74 Å². The summed E-state index contributed by atoms with van der Waals surface area (Å²) in [4.78, 5) is 18.2. The van der Waals surface area contributed by atoms with Crippen molar-refractivity contribution in [3.8, 4) is 0 Å². The molecular formula is C16H26ClN3O2. The Morgan fingerprint density at radius 2 is 1.91 bits per heavy atom. The minimum atomic E-state index is -0.511. The van der Waals surface area contributed by atoms with Crippen LogP contribution in [0.15, 0.2) is 18.2 Å². The van der Waals surface area contributed by atoms with Gasteiger partial charge in [0.25, 0.3) is 0 Å². The van der Waals surface area contributed by atoms with Crippen LogP contribution in [0.1, 0.15) is 41.5 Å². The quantitative estimate of drug-likeness (QED) is 0.843. The first-order valence-corrected chi connectivity index (χ1v) is 7.74. The molecule has 1 aromatic heterocycles. The highest BCUT2D eigenvalue weighted by Gasteiger charge is 2.30. The lowest BCUT2D eigenvalue weighted by Crippen LogP contribution is -2.49. The van der Waals surface area contributed by atoms with E-state index in [0.717, 1.165) is 0 Å². The highest BCUT2D eigenvalue weighted by molar-refractivity contribution is 6.29. The van der Waals surface area contributed by atoms with E-state index in [1.807, 2.05) is 53.7 Å². The summed E-state index contributed by atoms with van der Waals surface area (Å²) in [5.74, 6) is 0.686. The molecule has 0 atom stereocenters. The second kappa shape index (κ2) is 7.18. The summed E-state index contributed by atoms with van der Waals surface area (Å²) in [7, 11) is 0. The maximum absolute atomic E-state index is 12.3. The van der Waals surface area contributed by atoms with Crippen molar-refractivity contribution >= 4 is 23.5 Å². The maximum atomic E-state index is 12.3. The fourth-order valence-corrected chi connectivity index (χ4v) is 1.98. The summed E-state index contributed by atoms with van der Waals surface area (Å²) >= 11 is 5.85. The zero-order chi connectivity index (χ0) is 17.0. The molecule has 0 spiro atoms. The monoisotopic (exact) mass is 327 g/mol. The third kappa shape index (κ3) is 6.52. The summed E-state index contributed by atoms with van der Waals surface area (Å²) in [5, 5.41) is 3.60. The number of halogens is 1. The fourth-order valence-electron chi connectivity index (χ4n) is 1.82. The number of aromatic nitrogens is 1. The van der Waals surface area contributed by atoms with Gasteiger partial charge in [0.15, 0.2) is 0 Å². The Hall–Kier alpha value is -1.49. The van der Waals surface area contributed by atoms with Crippen molar-refractivity contribution in [3.63, 3.8) is 0 Å². The van der Waals surface area contributed by atoms with Crippen molar-refractivity contribution in [3.05, 3.63) is 23.4 Å². The highest BCUT2D eigenvalue weighted by Crippen LogP contribution is 2.18. The van der Waals surface area contributed by atoms with Gasteiger partial charge in [0.1, 0.15) is 16.6 Å². The van der Waals surface area contributed by atoms with Gasteiger partial charge in [-0.2, -0.15) is 0 Å². The normalized spacial score (nSPS) is 12.0. The lowest BCUT2D eigenvalue weighted by atomic mass is 10.1. The molecule has 0 fully saturated rings. The van der Waals surface area contributed by atoms with Gasteiger partial charge in [-0.3, -0.25) is 0 Å². The van der Waals surface area contributed by atoms with Crippen molar-refractivity contribution in [2.45, 2.75) is 52.7 Å². The predicted octanol–water partition coefficient (Wildman–Crippen LogP) is 4.18. The van der Waals surface area contributed by atoms with E-state index in [0.29, 0.717) is 24.1 Å². The Bertz CT molecular complexity index is 507. The Morgan fingerprint density at radius 1 is 1.27 bits per heavy atom. The molecule has 1 rings (SSSR count). The molecule has 0 aliphatic rings. The van der Waals surface area contributed by atoms with Gasteiger partial charge < -0.3 is 15.0 Å². The lowest BCUT2D eigenvalue weighted by Gasteiger charge is -2.36. The molecule has 1 aromatic rings. The fraction of sp³-hybridized carbons (Fsp3) is 0.625. The highest BCUT2D eigenvalue weighted by atomic mass is 35.5. The van der Waals surface area contributed by atoms with Crippen LogP contribution in [0.4, 0.5) is 10.6 Å². The molecule has 5 nitrogen and oxygen atoms in total. The van der Waals surface area contributed by atoms with Gasteiger partial charge in [-0.05, 0) is 53.7 Å². The molecule has 1 amide bonds. The molecule has 1 heterocycles. The third-order valence-corrected chi connectivity index (χ3v) is 2.99. The summed E-state index contributed by atoms with van der Waals surface area (Å²) in [6, 6.07) is 5.38. The van der Waals surface area contributed by atoms with E-state index in [-0.39, 0.29) is 11.6 Å². The largest absolute Gasteiger partial charge is 0.444 e. The van der Waals surface area contributed by atoms with Crippen LogP contribution in [0.5, 0.6) is 0 Å². The number of nitrogens with zero attached hydrogens (tertiary/aromatic N) is 2. The number of ether oxygens (including phenoxy) is 1. The second-order valence-electron chi connectivity index (χ2n) is 7.08. The molecule has 0 aliphatic carbocycles. The molecule has 0 aliphatic heterocycles. The molecular weight excluding hydrogens is 302 g/mol. The molecule has 0 radical (unpaired) electrons. The number of hydrogen-bond acceptors (Lipinski definition) is 4. The number of rotatable bonds is 4. The molecule has 0 bridgehead atoms. The van der Waals surface area contributed by atoms with E-state index in [9.17, 15) is 4.79 Å². The predicted molar refractivity (Wildman–Crippen MR) is 90.4 cm³/mol. The van der Waals surface area contributed by atoms with E-state index in [4.69, 9.17) is 16.3 Å². The number of hydrogen-bond donors (Lipinski definition) is 1. The summed E-state index contributed by atoms with van der Waals surface area (Å²) in [5.41, 5.74) is -0.839. The van der Waals surface area contributed by atoms with E-state index in [1.165, 1.54) is 0 Å². The summed E-state index contributed by atoms with van der Waals surface area (Å²) in [6.07, 6.45) is -0.319. The molecule has 0 saturated heterocycles. The van der Waals surface area contributed by atoms with Crippen molar-refractivity contribution in [1.29, 1.82) is 0 Å². The summed E-state index contributed by atoms with van der Waals surface area (Å²) in [6.45, 7) is 12.6. The Kier molecular flexibility index (Phi) is 6.06. The standard InChI is InChI=1S/C16H26ClN3O2/c1-15(2,3)20(14(21)22-16(4,5)6)11-10-18-13-9-7-8-12(17)19-13/h7-9H,10-11H2,1-6H3,(H,18,19). The van der Waals surface area contributed by atoms with Crippen LogP contribution in [-0.4, -0.2) is 40.2 Å². The van der Waals surface area contributed by atoms with Crippen LogP contribution < -0.4 is 5.32 Å². The topological polar surface area (TPSA) is 54.5 Å². The van der Waals surface area contributed by atoms with Crippen LogP contribution in [0.2, 0.25) is 5.15 Å². The molecule has 1 N–H and O–H groups in total. The van der Waals surface area contributed by atoms with Crippen molar-refractivity contribution in [1.82, 2.24) is 9.88 Å². The van der Waals surface area contributed by atoms with Crippen LogP contribution >= 0.6 is 11.6 Å². The number of carbonyl (C=O) groups excluding carboxylic acids is 1. The smallest absolute Gasteiger partial charge is 0.410 e. The third-order valence-electron chi connectivity index (χ3n) is 2.78. The van der Waals surface area contributed by atoms with Gasteiger partial charge in [-0.25, -0.2) is 9.78 Å². The van der Waals surface area contributed by atoms with Crippen LogP contribution in [0.25, 0.3) is 0 Å². The molecule has 6 heteroatoms. The first-order valence-electron chi connectivity index (χ1n) is 7.36. The average molecular weight is 328 g/mol. The second-order valence-corrected chi connectivity index (χ2v) is 7.46. The molecule has 0 unspecified atom stereocenters. The zero-order valence-electron chi connectivity index (χ0n) is 14.2. The average Bonchev–Trinajstić information content (AvgIpc) is 2.30. The Balaban J connectivity index is 2.65. The summed E-state index contributed by atoms with van der Waals surface area (Å²) < 4.78 is 5.47. The van der Waals surface area contributed by atoms with Crippen molar-refractivity contribution < 1.29 is 9.53 Å². The van der Waals surface area contributed by atoms with Gasteiger partial charge in [0.05, 0.1) is 0 Å². The number of nitrogens with one attached hydrogen (secondary N) is 1. The SMILES string of the molecule is CC(C)(C)OC(=O)N(CCNc1cccc(Cl)n1)C(C)(C)C. The van der Waals surface area contributed by atoms with Gasteiger partial charge in [0.2, 0.25) is 0 Å². The zero-order valence-corrected chi connectivity index (χ0v) is 15.0. The molecule has 0 aromatic carbocycles. The van der Waals surface area contributed by atoms with Gasteiger partial charge in [-0.1, -0.05) is 17.7 Å². The van der Waals surface area contributed by atoms with Gasteiger partial charge in [-0.15, -0.1) is 0 Å². The van der Waals surface area contributed by atoms with E-state index in [1.54, 1.807) is 11.0 Å². The van der Waals surface area contributed by atoms with Gasteiger partial charge >= 0.3 is 6.09 Å². The number of carbonyl (C=O) groups is 1.